The van der Waals surface area contributed by atoms with Crippen LogP contribution in [0.15, 0.2) is 36.4 Å². The van der Waals surface area contributed by atoms with Crippen molar-refractivity contribution in [3.8, 4) is 11.4 Å². The third kappa shape index (κ3) is 3.08. The van der Waals surface area contributed by atoms with Gasteiger partial charge in [0.25, 0.3) is 0 Å². The van der Waals surface area contributed by atoms with Crippen molar-refractivity contribution in [1.82, 2.24) is 9.97 Å². The predicted octanol–water partition coefficient (Wildman–Crippen LogP) is 2.94. The van der Waals surface area contributed by atoms with Crippen LogP contribution in [0.5, 0.6) is 0 Å². The topological polar surface area (TPSA) is 118 Å². The lowest BCUT2D eigenvalue weighted by atomic mass is 10.1. The first-order valence-electron chi connectivity index (χ1n) is 5.93. The van der Waals surface area contributed by atoms with Crippen molar-refractivity contribution < 1.29 is 9.90 Å². The van der Waals surface area contributed by atoms with E-state index in [1.807, 2.05) is 0 Å². The van der Waals surface area contributed by atoms with Crippen molar-refractivity contribution in [3.05, 3.63) is 42.0 Å². The van der Waals surface area contributed by atoms with Gasteiger partial charge in [-0.1, -0.05) is 12.1 Å². The minimum atomic E-state index is -0.957. The number of hydrogen-bond donors (Lipinski definition) is 4. The number of aromatic carboxylic acids is 1. The van der Waals surface area contributed by atoms with Gasteiger partial charge in [0.15, 0.2) is 0 Å². The van der Waals surface area contributed by atoms with E-state index in [1.165, 1.54) is 12.1 Å². The van der Waals surface area contributed by atoms with E-state index in [-0.39, 0.29) is 30.4 Å². The molecule has 0 aliphatic rings. The van der Waals surface area contributed by atoms with Crippen LogP contribution in [0.2, 0.25) is 0 Å². The van der Waals surface area contributed by atoms with Crippen molar-refractivity contribution in [2.75, 3.05) is 11.5 Å². The monoisotopic (exact) mass is 340 g/mol. The molecular formula is C14H14Cl2N4O2. The lowest BCUT2D eigenvalue weighted by Gasteiger charge is -1.97. The number of H-pyrrole nitrogens is 1. The summed E-state index contributed by atoms with van der Waals surface area (Å²) in [5, 5.41) is 8.87. The largest absolute Gasteiger partial charge is 0.478 e. The minimum absolute atomic E-state index is 0. The highest BCUT2D eigenvalue weighted by atomic mass is 35.5. The van der Waals surface area contributed by atoms with Gasteiger partial charge < -0.3 is 21.6 Å². The molecule has 6 nitrogen and oxygen atoms in total. The standard InChI is InChI=1S/C14H12N4O2.2ClH/c15-9-5-11-12(6-10(9)16)18-13(17-11)7-1-3-8(4-2-7)14(19)20;;/h1-6H,15-16H2,(H,17,18)(H,19,20);2*1H. The molecule has 3 aromatic rings. The fraction of sp³-hybridized carbons (Fsp3) is 0. The number of nitrogens with one attached hydrogen (secondary N) is 1. The molecule has 116 valence electrons. The van der Waals surface area contributed by atoms with E-state index in [2.05, 4.69) is 9.97 Å². The van der Waals surface area contributed by atoms with Crippen LogP contribution in [0, 0.1) is 0 Å². The first-order valence-corrected chi connectivity index (χ1v) is 5.93. The molecule has 0 saturated carbocycles. The average molecular weight is 341 g/mol. The van der Waals surface area contributed by atoms with Gasteiger partial charge in [-0.3, -0.25) is 0 Å². The number of aromatic amines is 1. The van der Waals surface area contributed by atoms with Crippen LogP contribution >= 0.6 is 24.8 Å². The number of hydrogen-bond acceptors (Lipinski definition) is 4. The van der Waals surface area contributed by atoms with Crippen LogP contribution in [0.4, 0.5) is 11.4 Å². The summed E-state index contributed by atoms with van der Waals surface area (Å²) in [7, 11) is 0. The van der Waals surface area contributed by atoms with E-state index in [1.54, 1.807) is 24.3 Å². The molecule has 0 fully saturated rings. The fourth-order valence-corrected chi connectivity index (χ4v) is 2.00. The Morgan fingerprint density at radius 2 is 1.64 bits per heavy atom. The molecule has 0 aliphatic heterocycles. The predicted molar refractivity (Wildman–Crippen MR) is 91.8 cm³/mol. The number of carboxylic acid groups (broad SMARTS) is 1. The van der Waals surface area contributed by atoms with Crippen molar-refractivity contribution in [1.29, 1.82) is 0 Å². The summed E-state index contributed by atoms with van der Waals surface area (Å²) in [6.45, 7) is 0. The zero-order valence-corrected chi connectivity index (χ0v) is 12.9. The SMILES string of the molecule is Cl.Cl.Nc1cc2nc(-c3ccc(C(=O)O)cc3)[nH]c2cc1N. The summed E-state index contributed by atoms with van der Waals surface area (Å²) < 4.78 is 0. The summed E-state index contributed by atoms with van der Waals surface area (Å²) in [5.41, 5.74) is 15.0. The molecule has 0 spiro atoms. The van der Waals surface area contributed by atoms with E-state index < -0.39 is 5.97 Å². The molecule has 0 radical (unpaired) electrons. The maximum atomic E-state index is 10.8. The second-order valence-corrected chi connectivity index (χ2v) is 4.47. The highest BCUT2D eigenvalue weighted by Crippen LogP contribution is 2.25. The second kappa shape index (κ2) is 6.55. The maximum absolute atomic E-state index is 10.8. The molecule has 6 N–H and O–H groups in total. The number of fused-ring (bicyclic) bond motifs is 1. The first kappa shape index (κ1) is 17.6. The average Bonchev–Trinajstić information content (AvgIpc) is 2.82. The van der Waals surface area contributed by atoms with Crippen molar-refractivity contribution >= 4 is 53.2 Å². The molecule has 22 heavy (non-hydrogen) atoms. The highest BCUT2D eigenvalue weighted by Gasteiger charge is 2.08. The quantitative estimate of drug-likeness (QED) is 0.535. The van der Waals surface area contributed by atoms with Crippen LogP contribution in [0.3, 0.4) is 0 Å². The molecular weight excluding hydrogens is 327 g/mol. The third-order valence-corrected chi connectivity index (χ3v) is 3.09. The van der Waals surface area contributed by atoms with Crippen molar-refractivity contribution in [2.24, 2.45) is 0 Å². The van der Waals surface area contributed by atoms with Crippen LogP contribution in [-0.2, 0) is 0 Å². The Bertz CT molecular complexity index is 777. The lowest BCUT2D eigenvalue weighted by molar-refractivity contribution is 0.0697. The van der Waals surface area contributed by atoms with Gasteiger partial charge in [0.1, 0.15) is 5.82 Å². The molecule has 0 amide bonds. The molecule has 0 atom stereocenters. The zero-order chi connectivity index (χ0) is 14.3. The molecule has 2 aromatic carbocycles. The first-order chi connectivity index (χ1) is 9.54. The number of imidazole rings is 1. The number of nitrogens with two attached hydrogens (primary N) is 2. The van der Waals surface area contributed by atoms with E-state index >= 15 is 0 Å². The number of carboxylic acids is 1. The molecule has 1 aromatic heterocycles. The summed E-state index contributed by atoms with van der Waals surface area (Å²) in [5.74, 6) is -0.316. The third-order valence-electron chi connectivity index (χ3n) is 3.09. The van der Waals surface area contributed by atoms with Crippen LogP contribution < -0.4 is 11.5 Å². The number of nitrogens with zero attached hydrogens (tertiary/aromatic N) is 1. The summed E-state index contributed by atoms with van der Waals surface area (Å²) in [4.78, 5) is 18.4. The smallest absolute Gasteiger partial charge is 0.335 e. The molecule has 0 bridgehead atoms. The fourth-order valence-electron chi connectivity index (χ4n) is 2.00. The van der Waals surface area contributed by atoms with Gasteiger partial charge in [-0.2, -0.15) is 0 Å². The van der Waals surface area contributed by atoms with E-state index in [9.17, 15) is 4.79 Å². The molecule has 0 saturated heterocycles. The van der Waals surface area contributed by atoms with Crippen LogP contribution in [-0.4, -0.2) is 21.0 Å². The molecule has 0 aliphatic carbocycles. The molecule has 1 heterocycles. The van der Waals surface area contributed by atoms with Gasteiger partial charge in [-0.05, 0) is 24.3 Å². The Balaban J connectivity index is 0.00000121. The van der Waals surface area contributed by atoms with Gasteiger partial charge in [0.2, 0.25) is 0 Å². The van der Waals surface area contributed by atoms with E-state index in [0.717, 1.165) is 11.1 Å². The summed E-state index contributed by atoms with van der Waals surface area (Å²) in [6.07, 6.45) is 0. The minimum Gasteiger partial charge on any atom is -0.478 e. The van der Waals surface area contributed by atoms with Crippen molar-refractivity contribution in [3.63, 3.8) is 0 Å². The summed E-state index contributed by atoms with van der Waals surface area (Å²) in [6, 6.07) is 9.91. The second-order valence-electron chi connectivity index (χ2n) is 4.47. The van der Waals surface area contributed by atoms with Gasteiger partial charge in [0.05, 0.1) is 28.0 Å². The van der Waals surface area contributed by atoms with Crippen LogP contribution in [0.25, 0.3) is 22.4 Å². The van der Waals surface area contributed by atoms with Gasteiger partial charge in [-0.25, -0.2) is 9.78 Å². The van der Waals surface area contributed by atoms with E-state index in [0.29, 0.717) is 22.7 Å². The highest BCUT2D eigenvalue weighted by molar-refractivity contribution is 5.89. The van der Waals surface area contributed by atoms with Gasteiger partial charge in [0, 0.05) is 5.56 Å². The number of halogens is 2. The Kier molecular flexibility index (Phi) is 5.24. The molecule has 8 heteroatoms. The lowest BCUT2D eigenvalue weighted by Crippen LogP contribution is -1.95. The van der Waals surface area contributed by atoms with Crippen LogP contribution in [0.1, 0.15) is 10.4 Å². The van der Waals surface area contributed by atoms with Gasteiger partial charge >= 0.3 is 5.97 Å². The van der Waals surface area contributed by atoms with Gasteiger partial charge in [-0.15, -0.1) is 24.8 Å². The Morgan fingerprint density at radius 3 is 2.23 bits per heavy atom. The number of aromatic nitrogens is 2. The zero-order valence-electron chi connectivity index (χ0n) is 11.2. The van der Waals surface area contributed by atoms with Crippen molar-refractivity contribution in [2.45, 2.75) is 0 Å². The summed E-state index contributed by atoms with van der Waals surface area (Å²) >= 11 is 0. The number of nitrogen functional groups attached to an aromatic ring is 2. The Labute approximate surface area is 138 Å². The maximum Gasteiger partial charge on any atom is 0.335 e. The Morgan fingerprint density at radius 1 is 1.05 bits per heavy atom. The molecule has 3 rings (SSSR count). The number of anilines is 2. The normalized spacial score (nSPS) is 9.82. The Hall–Kier alpha value is -2.44. The number of rotatable bonds is 2. The van der Waals surface area contributed by atoms with E-state index in [4.69, 9.17) is 16.6 Å². The number of benzene rings is 2. The number of carbonyl (C=O) groups is 1. The molecule has 0 unspecified atom stereocenters.